The van der Waals surface area contributed by atoms with Gasteiger partial charge in [0.25, 0.3) is 0 Å². The highest BCUT2D eigenvalue weighted by Crippen LogP contribution is 2.35. The molecule has 0 spiro atoms. The SMILES string of the molecule is CO[C@]1(c2ccc(-c3cc4c(N5CCN(C(=O)C6CC6)CC5)ccnn4c3)cc2)CCCNC1. The number of carbonyl (C=O) groups excluding carboxylic acids is 1. The van der Waals surface area contributed by atoms with Gasteiger partial charge < -0.3 is 19.9 Å². The summed E-state index contributed by atoms with van der Waals surface area (Å²) in [6.07, 6.45) is 8.28. The number of piperidine rings is 1. The van der Waals surface area contributed by atoms with Crippen LogP contribution in [0.15, 0.2) is 48.8 Å². The Morgan fingerprint density at radius 1 is 1.09 bits per heavy atom. The van der Waals surface area contributed by atoms with Crippen LogP contribution in [0.4, 0.5) is 5.69 Å². The molecule has 1 saturated carbocycles. The molecule has 1 N–H and O–H groups in total. The van der Waals surface area contributed by atoms with E-state index in [1.54, 1.807) is 0 Å². The summed E-state index contributed by atoms with van der Waals surface area (Å²) in [5.74, 6) is 0.652. The zero-order chi connectivity index (χ0) is 23.1. The number of fused-ring (bicyclic) bond motifs is 1. The molecular formula is C27H33N5O2. The molecule has 1 aliphatic carbocycles. The van der Waals surface area contributed by atoms with Crippen molar-refractivity contribution in [3.63, 3.8) is 0 Å². The average Bonchev–Trinajstić information content (AvgIpc) is 3.66. The van der Waals surface area contributed by atoms with Crippen LogP contribution in [0.1, 0.15) is 31.2 Å². The van der Waals surface area contributed by atoms with Gasteiger partial charge in [-0.15, -0.1) is 0 Å². The van der Waals surface area contributed by atoms with Gasteiger partial charge in [-0.25, -0.2) is 4.52 Å². The monoisotopic (exact) mass is 459 g/mol. The lowest BCUT2D eigenvalue weighted by Crippen LogP contribution is -2.49. The Bertz CT molecular complexity index is 1170. The molecule has 7 heteroatoms. The molecule has 1 aromatic carbocycles. The summed E-state index contributed by atoms with van der Waals surface area (Å²) in [5.41, 5.74) is 5.61. The highest BCUT2D eigenvalue weighted by atomic mass is 16.5. The van der Waals surface area contributed by atoms with E-state index in [4.69, 9.17) is 4.74 Å². The summed E-state index contributed by atoms with van der Waals surface area (Å²) in [7, 11) is 1.82. The maximum absolute atomic E-state index is 12.4. The molecule has 3 aliphatic rings. The largest absolute Gasteiger partial charge is 0.372 e. The van der Waals surface area contributed by atoms with E-state index in [2.05, 4.69) is 57.9 Å². The van der Waals surface area contributed by atoms with E-state index in [0.29, 0.717) is 11.8 Å². The Hall–Kier alpha value is -2.90. The lowest BCUT2D eigenvalue weighted by atomic mass is 9.85. The lowest BCUT2D eigenvalue weighted by molar-refractivity contribution is -0.132. The van der Waals surface area contributed by atoms with Gasteiger partial charge >= 0.3 is 0 Å². The summed E-state index contributed by atoms with van der Waals surface area (Å²) in [6.45, 7) is 5.23. The fraction of sp³-hybridized carbons (Fsp3) is 0.481. The van der Waals surface area contributed by atoms with Crippen LogP contribution in [-0.4, -0.2) is 66.8 Å². The second-order valence-electron chi connectivity index (χ2n) is 9.92. The molecule has 3 aromatic rings. The summed E-state index contributed by atoms with van der Waals surface area (Å²) in [6, 6.07) is 13.1. The Kier molecular flexibility index (Phi) is 5.54. The fourth-order valence-electron chi connectivity index (χ4n) is 5.56. The Balaban J connectivity index is 1.23. The first-order chi connectivity index (χ1) is 16.7. The van der Waals surface area contributed by atoms with Gasteiger partial charge in [0.15, 0.2) is 0 Å². The van der Waals surface area contributed by atoms with Crippen molar-refractivity contribution < 1.29 is 9.53 Å². The number of hydrogen-bond acceptors (Lipinski definition) is 5. The van der Waals surface area contributed by atoms with Crippen LogP contribution in [-0.2, 0) is 15.1 Å². The van der Waals surface area contributed by atoms with Crippen molar-refractivity contribution in [1.29, 1.82) is 0 Å². The number of rotatable bonds is 5. The van der Waals surface area contributed by atoms with Crippen LogP contribution in [0.3, 0.4) is 0 Å². The maximum atomic E-state index is 12.4. The third kappa shape index (κ3) is 3.87. The summed E-state index contributed by atoms with van der Waals surface area (Å²) < 4.78 is 7.95. The second-order valence-corrected chi connectivity index (χ2v) is 9.92. The van der Waals surface area contributed by atoms with Gasteiger partial charge in [-0.2, -0.15) is 5.10 Å². The van der Waals surface area contributed by atoms with Crippen molar-refractivity contribution in [2.24, 2.45) is 5.92 Å². The summed E-state index contributed by atoms with van der Waals surface area (Å²) in [4.78, 5) is 16.9. The number of methoxy groups -OCH3 is 1. The molecule has 1 amide bonds. The van der Waals surface area contributed by atoms with Crippen molar-refractivity contribution in [2.75, 3.05) is 51.3 Å². The van der Waals surface area contributed by atoms with E-state index < -0.39 is 0 Å². The highest BCUT2D eigenvalue weighted by Gasteiger charge is 2.35. The molecule has 7 nitrogen and oxygen atoms in total. The Morgan fingerprint density at radius 2 is 1.88 bits per heavy atom. The van der Waals surface area contributed by atoms with Crippen LogP contribution < -0.4 is 10.2 Å². The first-order valence-electron chi connectivity index (χ1n) is 12.5. The van der Waals surface area contributed by atoms with Crippen LogP contribution in [0, 0.1) is 5.92 Å². The lowest BCUT2D eigenvalue weighted by Gasteiger charge is -2.37. The standard InChI is InChI=1S/C27H33N5O2/c1-34-27(10-2-11-28-19-27)23-7-5-20(6-8-23)22-17-25-24(9-12-29-32(25)18-22)30-13-15-31(16-14-30)26(33)21-3-4-21/h5-9,12,17-18,21,28H,2-4,10-11,13-16,19H2,1H3/t27-/m1/s1. The first-order valence-corrected chi connectivity index (χ1v) is 12.5. The topological polar surface area (TPSA) is 62.1 Å². The first kappa shape index (κ1) is 21.6. The number of piperazine rings is 1. The van der Waals surface area contributed by atoms with E-state index in [9.17, 15) is 4.79 Å². The van der Waals surface area contributed by atoms with Gasteiger partial charge in [-0.3, -0.25) is 4.79 Å². The van der Waals surface area contributed by atoms with Gasteiger partial charge in [0.1, 0.15) is 5.60 Å². The molecule has 0 radical (unpaired) electrons. The van der Waals surface area contributed by atoms with Gasteiger partial charge in [-0.1, -0.05) is 24.3 Å². The molecule has 4 heterocycles. The minimum absolute atomic E-state index is 0.236. The van der Waals surface area contributed by atoms with Gasteiger partial charge in [0.05, 0.1) is 11.2 Å². The molecular weight excluding hydrogens is 426 g/mol. The number of anilines is 1. The van der Waals surface area contributed by atoms with Gasteiger partial charge in [0, 0.05) is 63.7 Å². The molecule has 0 unspecified atom stereocenters. The smallest absolute Gasteiger partial charge is 0.225 e. The molecule has 2 aliphatic heterocycles. The van der Waals surface area contributed by atoms with Crippen LogP contribution in [0.2, 0.25) is 0 Å². The van der Waals surface area contributed by atoms with Crippen molar-refractivity contribution in [2.45, 2.75) is 31.3 Å². The molecule has 34 heavy (non-hydrogen) atoms. The van der Waals surface area contributed by atoms with Crippen LogP contribution in [0.5, 0.6) is 0 Å². The van der Waals surface area contributed by atoms with E-state index in [-0.39, 0.29) is 5.60 Å². The number of aromatic nitrogens is 2. The van der Waals surface area contributed by atoms with Crippen LogP contribution >= 0.6 is 0 Å². The van der Waals surface area contributed by atoms with Crippen molar-refractivity contribution in [3.8, 4) is 11.1 Å². The zero-order valence-electron chi connectivity index (χ0n) is 19.9. The third-order valence-corrected chi connectivity index (χ3v) is 7.82. The maximum Gasteiger partial charge on any atom is 0.225 e. The molecule has 6 rings (SSSR count). The quantitative estimate of drug-likeness (QED) is 0.635. The molecule has 2 saturated heterocycles. The normalized spacial score (nSPS) is 23.4. The summed E-state index contributed by atoms with van der Waals surface area (Å²) >= 11 is 0. The van der Waals surface area contributed by atoms with Gasteiger partial charge in [-0.05, 0) is 55.5 Å². The van der Waals surface area contributed by atoms with Gasteiger partial charge in [0.2, 0.25) is 5.91 Å². The number of ether oxygens (including phenoxy) is 1. The number of nitrogens with zero attached hydrogens (tertiary/aromatic N) is 4. The van der Waals surface area contributed by atoms with E-state index >= 15 is 0 Å². The van der Waals surface area contributed by atoms with Crippen molar-refractivity contribution in [3.05, 3.63) is 54.4 Å². The predicted octanol–water partition coefficient (Wildman–Crippen LogP) is 3.29. The molecule has 2 aromatic heterocycles. The van der Waals surface area contributed by atoms with Crippen molar-refractivity contribution in [1.82, 2.24) is 19.8 Å². The molecule has 178 valence electrons. The minimum Gasteiger partial charge on any atom is -0.372 e. The number of carbonyl (C=O) groups is 1. The Labute approximate surface area is 200 Å². The third-order valence-electron chi connectivity index (χ3n) is 7.82. The van der Waals surface area contributed by atoms with Crippen molar-refractivity contribution >= 4 is 17.1 Å². The fourth-order valence-corrected chi connectivity index (χ4v) is 5.56. The van der Waals surface area contributed by atoms with E-state index in [0.717, 1.165) is 76.0 Å². The zero-order valence-corrected chi connectivity index (χ0v) is 19.9. The van der Waals surface area contributed by atoms with E-state index in [1.165, 1.54) is 16.8 Å². The predicted molar refractivity (Wildman–Crippen MR) is 133 cm³/mol. The number of benzene rings is 1. The summed E-state index contributed by atoms with van der Waals surface area (Å²) in [5, 5.41) is 8.05. The Morgan fingerprint density at radius 3 is 2.56 bits per heavy atom. The minimum atomic E-state index is -0.236. The number of amides is 1. The van der Waals surface area contributed by atoms with Crippen LogP contribution in [0.25, 0.3) is 16.6 Å². The number of hydrogen-bond donors (Lipinski definition) is 1. The second kappa shape index (κ2) is 8.71. The molecule has 3 fully saturated rings. The molecule has 1 atom stereocenters. The average molecular weight is 460 g/mol. The highest BCUT2D eigenvalue weighted by molar-refractivity contribution is 5.82. The number of nitrogens with one attached hydrogen (secondary N) is 1. The molecule has 0 bridgehead atoms. The van der Waals surface area contributed by atoms with E-state index in [1.807, 2.05) is 22.7 Å².